The number of aromatic nitrogens is 2. The molecule has 35 heavy (non-hydrogen) atoms. The molecule has 0 unspecified atom stereocenters. The maximum absolute atomic E-state index is 9.87. The van der Waals surface area contributed by atoms with Gasteiger partial charge >= 0.3 is 0 Å². The number of hydrogen-bond donors (Lipinski definition) is 1. The van der Waals surface area contributed by atoms with Crippen LogP contribution in [0.4, 0.5) is 0 Å². The maximum atomic E-state index is 9.87. The van der Waals surface area contributed by atoms with Crippen LogP contribution < -0.4 is 0 Å². The molecule has 3 aliphatic rings. The first kappa shape index (κ1) is 28.8. The lowest BCUT2D eigenvalue weighted by molar-refractivity contribution is -0.0147. The lowest BCUT2D eigenvalue weighted by atomic mass is 9.82. The molecule has 0 aromatic heterocycles. The predicted octanol–water partition coefficient (Wildman–Crippen LogP) is 6.16. The zero-order valence-corrected chi connectivity index (χ0v) is 26.4. The molecule has 9 heteroatoms. The van der Waals surface area contributed by atoms with Gasteiger partial charge in [-0.15, -0.1) is 0 Å². The Kier molecular flexibility index (Phi) is 8.39. The summed E-state index contributed by atoms with van der Waals surface area (Å²) in [4.78, 5) is 4.57. The van der Waals surface area contributed by atoms with Gasteiger partial charge in [-0.25, -0.2) is 0 Å². The van der Waals surface area contributed by atoms with Gasteiger partial charge in [0.05, 0.1) is 24.5 Å². The van der Waals surface area contributed by atoms with Crippen LogP contribution in [-0.2, 0) is 20.3 Å². The molecule has 3 aliphatic heterocycles. The summed E-state index contributed by atoms with van der Waals surface area (Å²) in [5.74, 6) is 0. The fourth-order valence-corrected chi connectivity index (χ4v) is 6.47. The number of aliphatic hydroxyl groups excluding tert-OH is 1. The Hall–Kier alpha value is -0.746. The highest BCUT2D eigenvalue weighted by Crippen LogP contribution is 2.46. The third kappa shape index (κ3) is 6.05. The van der Waals surface area contributed by atoms with Gasteiger partial charge in [0.15, 0.2) is 18.1 Å². The van der Waals surface area contributed by atoms with Crippen molar-refractivity contribution >= 4 is 29.7 Å². The number of rotatable bonds is 8. The molecule has 3 rings (SSSR count). The number of aliphatic hydroxyl groups is 1. The topological polar surface area (TPSA) is 65.7 Å². The van der Waals surface area contributed by atoms with Crippen LogP contribution in [0.3, 0.4) is 0 Å². The molecule has 0 spiro atoms. The van der Waals surface area contributed by atoms with E-state index < -0.39 is 18.1 Å². The molecule has 3 atom stereocenters. The fourth-order valence-electron chi connectivity index (χ4n) is 3.79. The van der Waals surface area contributed by atoms with Gasteiger partial charge in [-0.05, 0) is 34.7 Å². The van der Waals surface area contributed by atoms with E-state index in [0.717, 1.165) is 23.2 Å². The van der Waals surface area contributed by atoms with Gasteiger partial charge in [0, 0.05) is 29.9 Å². The van der Waals surface area contributed by atoms with Crippen molar-refractivity contribution in [2.45, 2.75) is 110 Å². The lowest BCUT2D eigenvalue weighted by Crippen LogP contribution is -2.44. The van der Waals surface area contributed by atoms with E-state index in [4.69, 9.17) is 25.2 Å². The second-order valence-corrected chi connectivity index (χ2v) is 20.7. The summed E-state index contributed by atoms with van der Waals surface area (Å²) in [7, 11) is -2.80. The zero-order chi connectivity index (χ0) is 26.4. The average Bonchev–Trinajstić information content (AvgIpc) is 3.37. The van der Waals surface area contributed by atoms with Crippen molar-refractivity contribution in [2.24, 2.45) is 5.41 Å². The van der Waals surface area contributed by atoms with Crippen molar-refractivity contribution in [1.82, 2.24) is 9.55 Å². The lowest BCUT2D eigenvalue weighted by Gasteiger charge is -2.39. The molecule has 0 aliphatic carbocycles. The quantitative estimate of drug-likeness (QED) is 0.321. The van der Waals surface area contributed by atoms with Crippen LogP contribution in [0, 0.1) is 5.41 Å². The van der Waals surface area contributed by atoms with Crippen LogP contribution in [0.1, 0.15) is 73.5 Å². The minimum atomic E-state index is -1.94. The number of hydrogen-bond acceptors (Lipinski definition) is 5. The fraction of sp³-hybridized carbons (Fsp3) is 0.731. The molecular formula is C26H45ClN2O4Si2. The molecule has 0 amide bonds. The van der Waals surface area contributed by atoms with E-state index in [1.807, 2.05) is 12.3 Å². The van der Waals surface area contributed by atoms with E-state index in [0.29, 0.717) is 11.8 Å². The summed E-state index contributed by atoms with van der Waals surface area (Å²) in [5.41, 5.74) is 2.74. The van der Waals surface area contributed by atoms with E-state index in [1.165, 1.54) is 0 Å². The first-order chi connectivity index (χ1) is 16.0. The summed E-state index contributed by atoms with van der Waals surface area (Å²) >= 11 is 6.49. The minimum absolute atomic E-state index is 0.0404. The van der Waals surface area contributed by atoms with Crippen LogP contribution in [0.15, 0.2) is 18.5 Å². The molecule has 0 saturated carbocycles. The van der Waals surface area contributed by atoms with E-state index in [1.54, 1.807) is 10.8 Å². The predicted molar refractivity (Wildman–Crippen MR) is 148 cm³/mol. The van der Waals surface area contributed by atoms with Crippen molar-refractivity contribution in [3.05, 3.63) is 29.2 Å². The van der Waals surface area contributed by atoms with Gasteiger partial charge in [0.2, 0.25) is 0 Å². The number of pyridine rings is 1. The standard InChI is InChI=1S/C26H45ClN2O4Si2/c1-24(2,3)26(7,8)34-33-20-13-19(32-21(20)15-31-35(9,10)25(4,5)6)18-14-29(16-30)23(27)17-11-12-28-22(17)18/h11-12,14,19-21,30H,13,15-16,34H2,1-10H3/t19-,20+,21-/m1/s1. The highest BCUT2D eigenvalue weighted by atomic mass is 35.5. The molecule has 198 valence electrons. The monoisotopic (exact) mass is 540 g/mol. The molecule has 0 bridgehead atoms. The molecule has 6 nitrogen and oxygen atoms in total. The Balaban J connectivity index is 1.88. The first-order valence-corrected chi connectivity index (χ1v) is 17.2. The second kappa shape index (κ2) is 10.2. The normalized spacial score (nSPS) is 22.7. The van der Waals surface area contributed by atoms with Crippen molar-refractivity contribution in [2.75, 3.05) is 6.61 Å². The molecule has 3 heterocycles. The van der Waals surface area contributed by atoms with Crippen LogP contribution >= 0.6 is 11.6 Å². The average molecular weight is 541 g/mol. The molecule has 1 N–H and O–H groups in total. The van der Waals surface area contributed by atoms with E-state index >= 15 is 0 Å². The van der Waals surface area contributed by atoms with Crippen molar-refractivity contribution in [1.29, 1.82) is 0 Å². The summed E-state index contributed by atoms with van der Waals surface area (Å²) in [6, 6.07) is 1.88. The Morgan fingerprint density at radius 2 is 1.86 bits per heavy atom. The van der Waals surface area contributed by atoms with Crippen LogP contribution in [0.25, 0.3) is 11.3 Å². The molecule has 1 saturated heterocycles. The minimum Gasteiger partial charge on any atom is -0.418 e. The summed E-state index contributed by atoms with van der Waals surface area (Å²) < 4.78 is 21.6. The number of halogens is 1. The largest absolute Gasteiger partial charge is 0.418 e. The van der Waals surface area contributed by atoms with Gasteiger partial charge in [0.1, 0.15) is 18.0 Å². The van der Waals surface area contributed by atoms with Crippen LogP contribution in [0.5, 0.6) is 0 Å². The van der Waals surface area contributed by atoms with E-state index in [2.05, 4.69) is 73.5 Å². The van der Waals surface area contributed by atoms with Crippen LogP contribution in [0.2, 0.25) is 28.3 Å². The number of ether oxygens (including phenoxy) is 1. The Labute approximate surface area is 220 Å². The molecule has 1 fully saturated rings. The van der Waals surface area contributed by atoms with Crippen molar-refractivity contribution in [3.63, 3.8) is 0 Å². The van der Waals surface area contributed by atoms with Gasteiger partial charge in [0.25, 0.3) is 0 Å². The van der Waals surface area contributed by atoms with Gasteiger partial charge < -0.3 is 23.3 Å². The second-order valence-electron chi connectivity index (χ2n) is 13.1. The van der Waals surface area contributed by atoms with Gasteiger partial charge in [-0.1, -0.05) is 67.0 Å². The Bertz CT molecular complexity index is 943. The summed E-state index contributed by atoms with van der Waals surface area (Å²) in [5, 5.41) is 10.6. The molecule has 0 aromatic rings. The molecular weight excluding hydrogens is 496 g/mol. The Morgan fingerprint density at radius 3 is 2.43 bits per heavy atom. The smallest absolute Gasteiger partial charge is 0.192 e. The first-order valence-electron chi connectivity index (χ1n) is 12.6. The van der Waals surface area contributed by atoms with E-state index in [-0.39, 0.29) is 40.5 Å². The number of fused-ring (bicyclic) bond motifs is 1. The van der Waals surface area contributed by atoms with Gasteiger partial charge in [-0.3, -0.25) is 4.98 Å². The summed E-state index contributed by atoms with van der Waals surface area (Å²) in [6.07, 6.45) is 3.96. The molecule has 0 radical (unpaired) electrons. The third-order valence-electron chi connectivity index (χ3n) is 8.55. The maximum Gasteiger partial charge on any atom is 0.192 e. The highest BCUT2D eigenvalue weighted by Gasteiger charge is 2.44. The zero-order valence-electron chi connectivity index (χ0n) is 23.2. The van der Waals surface area contributed by atoms with Crippen LogP contribution in [-0.4, -0.2) is 51.6 Å². The Morgan fingerprint density at radius 1 is 1.20 bits per heavy atom. The van der Waals surface area contributed by atoms with Gasteiger partial charge in [-0.2, -0.15) is 0 Å². The summed E-state index contributed by atoms with van der Waals surface area (Å²) in [6.45, 7) is 23.1. The van der Waals surface area contributed by atoms with E-state index in [9.17, 15) is 5.11 Å². The van der Waals surface area contributed by atoms with Crippen molar-refractivity contribution in [3.8, 4) is 11.3 Å². The number of nitrogens with zero attached hydrogens (tertiary/aromatic N) is 2. The SMILES string of the molecule is CC(C)(C)C(C)(C)[SiH2]O[C@H]1C[C@H](c2cn(CO)c(Cl)c3ccnc2-3)O[C@@H]1CO[Si](C)(C)C(C)(C)C. The molecule has 0 aromatic carbocycles. The van der Waals surface area contributed by atoms with Crippen molar-refractivity contribution < 1.29 is 18.7 Å². The third-order valence-corrected chi connectivity index (χ3v) is 15.8. The highest BCUT2D eigenvalue weighted by molar-refractivity contribution is 6.74.